The summed E-state index contributed by atoms with van der Waals surface area (Å²) in [7, 11) is 1.64. The zero-order valence-electron chi connectivity index (χ0n) is 13.8. The molecule has 0 bridgehead atoms. The highest BCUT2D eigenvalue weighted by Gasteiger charge is 2.30. The summed E-state index contributed by atoms with van der Waals surface area (Å²) in [5.41, 5.74) is -0.151. The second kappa shape index (κ2) is 6.06. The Morgan fingerprint density at radius 2 is 2.26 bits per heavy atom. The molecule has 124 valence electrons. The zero-order chi connectivity index (χ0) is 16.6. The van der Waals surface area contributed by atoms with Gasteiger partial charge in [-0.3, -0.25) is 9.36 Å². The Kier molecular flexibility index (Phi) is 4.11. The minimum Gasteiger partial charge on any atom is -0.464 e. The van der Waals surface area contributed by atoms with Gasteiger partial charge in [-0.2, -0.15) is 5.10 Å². The number of hydrogen-bond donors (Lipinski definition) is 0. The van der Waals surface area contributed by atoms with Crippen LogP contribution in [0.2, 0.25) is 0 Å². The van der Waals surface area contributed by atoms with Gasteiger partial charge in [-0.25, -0.2) is 9.48 Å². The largest absolute Gasteiger partial charge is 0.464 e. The highest BCUT2D eigenvalue weighted by molar-refractivity contribution is 5.78. The summed E-state index contributed by atoms with van der Waals surface area (Å²) >= 11 is 0. The minimum atomic E-state index is -0.180. The molecule has 0 saturated carbocycles. The van der Waals surface area contributed by atoms with E-state index < -0.39 is 0 Å². The van der Waals surface area contributed by atoms with Gasteiger partial charge in [0.05, 0.1) is 12.5 Å². The molecule has 3 heterocycles. The predicted molar refractivity (Wildman–Crippen MR) is 83.8 cm³/mol. The summed E-state index contributed by atoms with van der Waals surface area (Å²) in [5.74, 6) is 2.29. The standard InChI is InChI=1S/C16H22N4O3/c1-4-19(10-13-7-5-11(2)23-13)15(21)12-6-8-14-17-18(3)16(22)20(14)9-12/h5,7,12H,4,6,8-10H2,1-3H3/t12-/m1/s1. The number of aryl methyl sites for hydroxylation is 3. The molecule has 2 aromatic heterocycles. The number of fused-ring (bicyclic) bond motifs is 1. The summed E-state index contributed by atoms with van der Waals surface area (Å²) < 4.78 is 8.53. The highest BCUT2D eigenvalue weighted by Crippen LogP contribution is 2.20. The average Bonchev–Trinajstić information content (AvgIpc) is 3.08. The Labute approximate surface area is 134 Å². The molecular formula is C16H22N4O3. The lowest BCUT2D eigenvalue weighted by Crippen LogP contribution is -2.41. The smallest absolute Gasteiger partial charge is 0.345 e. The summed E-state index contributed by atoms with van der Waals surface area (Å²) in [5, 5.41) is 4.21. The van der Waals surface area contributed by atoms with E-state index in [0.29, 0.717) is 26.1 Å². The Bertz CT molecular complexity index is 771. The normalized spacial score (nSPS) is 17.1. The monoisotopic (exact) mass is 318 g/mol. The van der Waals surface area contributed by atoms with Gasteiger partial charge in [0, 0.05) is 26.6 Å². The molecule has 1 aliphatic heterocycles. The number of aromatic nitrogens is 3. The lowest BCUT2D eigenvalue weighted by molar-refractivity contribution is -0.137. The maximum Gasteiger partial charge on any atom is 0.345 e. The molecule has 0 aromatic carbocycles. The van der Waals surface area contributed by atoms with Crippen molar-refractivity contribution in [1.29, 1.82) is 0 Å². The van der Waals surface area contributed by atoms with Gasteiger partial charge in [0.2, 0.25) is 5.91 Å². The molecule has 0 unspecified atom stereocenters. The van der Waals surface area contributed by atoms with Crippen LogP contribution in [0, 0.1) is 12.8 Å². The first-order valence-corrected chi connectivity index (χ1v) is 7.96. The van der Waals surface area contributed by atoms with Crippen LogP contribution < -0.4 is 5.69 Å². The van der Waals surface area contributed by atoms with E-state index >= 15 is 0 Å². The van der Waals surface area contributed by atoms with Crippen LogP contribution in [0.25, 0.3) is 0 Å². The number of rotatable bonds is 4. The SMILES string of the molecule is CCN(Cc1ccc(C)o1)C(=O)[C@@H]1CCc2nn(C)c(=O)n2C1. The summed E-state index contributed by atoms with van der Waals surface area (Å²) in [4.78, 5) is 26.6. The molecule has 7 nitrogen and oxygen atoms in total. The number of furan rings is 1. The lowest BCUT2D eigenvalue weighted by Gasteiger charge is -2.28. The molecule has 0 radical (unpaired) electrons. The molecular weight excluding hydrogens is 296 g/mol. The third kappa shape index (κ3) is 2.95. The van der Waals surface area contributed by atoms with Gasteiger partial charge in [-0.15, -0.1) is 0 Å². The van der Waals surface area contributed by atoms with Crippen molar-refractivity contribution >= 4 is 5.91 Å². The van der Waals surface area contributed by atoms with Crippen molar-refractivity contribution in [2.75, 3.05) is 6.54 Å². The molecule has 0 fully saturated rings. The van der Waals surface area contributed by atoms with Gasteiger partial charge in [0.25, 0.3) is 0 Å². The third-order valence-electron chi connectivity index (χ3n) is 4.39. The van der Waals surface area contributed by atoms with E-state index in [1.54, 1.807) is 16.5 Å². The van der Waals surface area contributed by atoms with Crippen molar-refractivity contribution in [1.82, 2.24) is 19.2 Å². The van der Waals surface area contributed by atoms with Crippen molar-refractivity contribution in [3.63, 3.8) is 0 Å². The Balaban J connectivity index is 1.74. The minimum absolute atomic E-state index is 0.0722. The molecule has 1 amide bonds. The summed E-state index contributed by atoms with van der Waals surface area (Å²) in [6.45, 7) is 5.34. The van der Waals surface area contributed by atoms with Crippen molar-refractivity contribution in [3.8, 4) is 0 Å². The fraction of sp³-hybridized carbons (Fsp3) is 0.562. The van der Waals surface area contributed by atoms with Gasteiger partial charge in [-0.1, -0.05) is 0 Å². The zero-order valence-corrected chi connectivity index (χ0v) is 13.8. The van der Waals surface area contributed by atoms with Crippen LogP contribution >= 0.6 is 0 Å². The van der Waals surface area contributed by atoms with Gasteiger partial charge >= 0.3 is 5.69 Å². The molecule has 0 aliphatic carbocycles. The molecule has 7 heteroatoms. The first-order chi connectivity index (χ1) is 11.0. The van der Waals surface area contributed by atoms with Crippen molar-refractivity contribution in [2.24, 2.45) is 13.0 Å². The van der Waals surface area contributed by atoms with E-state index in [2.05, 4.69) is 5.10 Å². The molecule has 0 saturated heterocycles. The molecule has 3 rings (SSSR count). The number of carbonyl (C=O) groups excluding carboxylic acids is 1. The fourth-order valence-corrected chi connectivity index (χ4v) is 3.10. The maximum absolute atomic E-state index is 12.8. The Hall–Kier alpha value is -2.31. The van der Waals surface area contributed by atoms with Gasteiger partial charge in [0.15, 0.2) is 0 Å². The topological polar surface area (TPSA) is 73.3 Å². The van der Waals surface area contributed by atoms with E-state index in [0.717, 1.165) is 23.8 Å². The third-order valence-corrected chi connectivity index (χ3v) is 4.39. The van der Waals surface area contributed by atoms with Crippen LogP contribution in [-0.4, -0.2) is 31.7 Å². The van der Waals surface area contributed by atoms with E-state index in [1.165, 1.54) is 4.68 Å². The van der Waals surface area contributed by atoms with Crippen molar-refractivity contribution in [2.45, 2.75) is 39.8 Å². The van der Waals surface area contributed by atoms with E-state index in [4.69, 9.17) is 4.42 Å². The first-order valence-electron chi connectivity index (χ1n) is 7.96. The molecule has 1 atom stereocenters. The molecule has 2 aromatic rings. The maximum atomic E-state index is 12.8. The second-order valence-electron chi connectivity index (χ2n) is 6.03. The fourth-order valence-electron chi connectivity index (χ4n) is 3.10. The van der Waals surface area contributed by atoms with Crippen LogP contribution in [-0.2, 0) is 31.4 Å². The van der Waals surface area contributed by atoms with E-state index in [-0.39, 0.29) is 17.5 Å². The molecule has 0 spiro atoms. The quantitative estimate of drug-likeness (QED) is 0.846. The number of carbonyl (C=O) groups is 1. The van der Waals surface area contributed by atoms with Crippen molar-refractivity contribution < 1.29 is 9.21 Å². The number of nitrogens with zero attached hydrogens (tertiary/aromatic N) is 4. The van der Waals surface area contributed by atoms with Gasteiger partial charge < -0.3 is 9.32 Å². The molecule has 0 N–H and O–H groups in total. The van der Waals surface area contributed by atoms with Crippen LogP contribution in [0.4, 0.5) is 0 Å². The van der Waals surface area contributed by atoms with Crippen LogP contribution in [0.5, 0.6) is 0 Å². The van der Waals surface area contributed by atoms with Crippen LogP contribution in [0.1, 0.15) is 30.7 Å². The van der Waals surface area contributed by atoms with Crippen molar-refractivity contribution in [3.05, 3.63) is 40.0 Å². The number of hydrogen-bond acceptors (Lipinski definition) is 4. The molecule has 23 heavy (non-hydrogen) atoms. The Morgan fingerprint density at radius 1 is 1.48 bits per heavy atom. The van der Waals surface area contributed by atoms with Gasteiger partial charge in [-0.05, 0) is 32.4 Å². The first kappa shape index (κ1) is 15.6. The predicted octanol–water partition coefficient (Wildman–Crippen LogP) is 1.09. The van der Waals surface area contributed by atoms with Crippen LogP contribution in [0.15, 0.2) is 21.3 Å². The van der Waals surface area contributed by atoms with Gasteiger partial charge in [0.1, 0.15) is 17.3 Å². The highest BCUT2D eigenvalue weighted by atomic mass is 16.3. The van der Waals surface area contributed by atoms with Crippen LogP contribution in [0.3, 0.4) is 0 Å². The molecule has 1 aliphatic rings. The van der Waals surface area contributed by atoms with E-state index in [9.17, 15) is 9.59 Å². The summed E-state index contributed by atoms with van der Waals surface area (Å²) in [6, 6.07) is 3.80. The Morgan fingerprint density at radius 3 is 2.91 bits per heavy atom. The second-order valence-corrected chi connectivity index (χ2v) is 6.03. The number of amides is 1. The summed E-state index contributed by atoms with van der Waals surface area (Å²) in [6.07, 6.45) is 1.38. The van der Waals surface area contributed by atoms with E-state index in [1.807, 2.05) is 26.0 Å². The lowest BCUT2D eigenvalue weighted by atomic mass is 9.97. The average molecular weight is 318 g/mol.